The van der Waals surface area contributed by atoms with Crippen LogP contribution < -0.4 is 10.0 Å². The number of aromatic nitrogens is 2. The summed E-state index contributed by atoms with van der Waals surface area (Å²) < 4.78 is 25.7. The Bertz CT molecular complexity index is 694. The van der Waals surface area contributed by atoms with Gasteiger partial charge in [0.15, 0.2) is 0 Å². The molecule has 0 fully saturated rings. The van der Waals surface area contributed by atoms with Crippen LogP contribution in [0.25, 0.3) is 10.9 Å². The van der Waals surface area contributed by atoms with Crippen LogP contribution in [0, 0.1) is 0 Å². The second-order valence-electron chi connectivity index (χ2n) is 5.65. The minimum Gasteiger partial charge on any atom is -0.385 e. The summed E-state index contributed by atoms with van der Waals surface area (Å²) in [6, 6.07) is 6.10. The van der Waals surface area contributed by atoms with Gasteiger partial charge in [0.1, 0.15) is 0 Å². The van der Waals surface area contributed by atoms with Crippen LogP contribution in [0.1, 0.15) is 33.1 Å². The van der Waals surface area contributed by atoms with Gasteiger partial charge in [0.25, 0.3) is 0 Å². The van der Waals surface area contributed by atoms with Crippen molar-refractivity contribution in [3.8, 4) is 0 Å². The zero-order chi connectivity index (χ0) is 16.0. The van der Waals surface area contributed by atoms with Gasteiger partial charge in [-0.1, -0.05) is 6.42 Å². The molecule has 2 aromatic rings. The molecule has 1 heterocycles. The molecule has 0 aliphatic rings. The first kappa shape index (κ1) is 16.8. The van der Waals surface area contributed by atoms with Crippen molar-refractivity contribution in [2.45, 2.75) is 38.4 Å². The summed E-state index contributed by atoms with van der Waals surface area (Å²) in [5, 5.41) is 11.0. The number of benzene rings is 1. The number of H-pyrrole nitrogens is 1. The highest BCUT2D eigenvalue weighted by atomic mass is 32.2. The Labute approximate surface area is 131 Å². The average molecular weight is 324 g/mol. The molecule has 0 spiro atoms. The van der Waals surface area contributed by atoms with Crippen LogP contribution in [-0.2, 0) is 10.0 Å². The quantitative estimate of drug-likeness (QED) is 0.618. The van der Waals surface area contributed by atoms with Gasteiger partial charge in [-0.05, 0) is 44.9 Å². The molecular weight excluding hydrogens is 300 g/mol. The molecule has 22 heavy (non-hydrogen) atoms. The third-order valence-electron chi connectivity index (χ3n) is 3.55. The number of rotatable bonds is 9. The first-order valence-electron chi connectivity index (χ1n) is 7.64. The Kier molecular flexibility index (Phi) is 5.79. The lowest BCUT2D eigenvalue weighted by atomic mass is 10.2. The first-order valence-corrected chi connectivity index (χ1v) is 9.19. The maximum absolute atomic E-state index is 11.6. The predicted octanol–water partition coefficient (Wildman–Crippen LogP) is 2.47. The summed E-state index contributed by atoms with van der Waals surface area (Å²) >= 11 is 0. The van der Waals surface area contributed by atoms with E-state index in [0.717, 1.165) is 42.4 Å². The number of aromatic amines is 1. The summed E-state index contributed by atoms with van der Waals surface area (Å²) in [4.78, 5) is 0. The summed E-state index contributed by atoms with van der Waals surface area (Å²) in [7, 11) is -3.12. The Morgan fingerprint density at radius 3 is 2.73 bits per heavy atom. The number of nitrogens with zero attached hydrogens (tertiary/aromatic N) is 1. The van der Waals surface area contributed by atoms with E-state index in [1.54, 1.807) is 20.0 Å². The lowest BCUT2D eigenvalue weighted by Crippen LogP contribution is -2.31. The van der Waals surface area contributed by atoms with Gasteiger partial charge in [-0.2, -0.15) is 5.10 Å². The van der Waals surface area contributed by atoms with E-state index in [0.29, 0.717) is 6.54 Å². The number of hydrogen-bond acceptors (Lipinski definition) is 4. The predicted molar refractivity (Wildman–Crippen MR) is 90.5 cm³/mol. The molecule has 1 aromatic carbocycles. The smallest absolute Gasteiger partial charge is 0.213 e. The molecule has 6 nitrogen and oxygen atoms in total. The third-order valence-corrected chi connectivity index (χ3v) is 5.39. The van der Waals surface area contributed by atoms with Crippen molar-refractivity contribution >= 4 is 26.6 Å². The number of nitrogens with one attached hydrogen (secondary N) is 3. The van der Waals surface area contributed by atoms with E-state index in [2.05, 4.69) is 26.3 Å². The molecule has 0 saturated heterocycles. The second-order valence-corrected chi connectivity index (χ2v) is 7.97. The Morgan fingerprint density at radius 2 is 1.95 bits per heavy atom. The summed E-state index contributed by atoms with van der Waals surface area (Å²) in [5.41, 5.74) is 2.11. The van der Waals surface area contributed by atoms with Crippen LogP contribution >= 0.6 is 0 Å². The number of anilines is 1. The van der Waals surface area contributed by atoms with Gasteiger partial charge in [0, 0.05) is 24.2 Å². The second kappa shape index (κ2) is 7.60. The SMILES string of the molecule is CC(C)S(=O)(=O)NCCCCCNc1ccc2[nH]ncc2c1. The zero-order valence-corrected chi connectivity index (χ0v) is 13.9. The normalized spacial score (nSPS) is 12.1. The van der Waals surface area contributed by atoms with Crippen LogP contribution in [0.3, 0.4) is 0 Å². The monoisotopic (exact) mass is 324 g/mol. The Hall–Kier alpha value is -1.60. The fourth-order valence-corrected chi connectivity index (χ4v) is 2.86. The van der Waals surface area contributed by atoms with Gasteiger partial charge in [0.05, 0.1) is 17.0 Å². The van der Waals surface area contributed by atoms with Gasteiger partial charge >= 0.3 is 0 Å². The first-order chi connectivity index (χ1) is 10.5. The summed E-state index contributed by atoms with van der Waals surface area (Å²) in [6.07, 6.45) is 4.66. The number of unbranched alkanes of at least 4 members (excludes halogenated alkanes) is 2. The maximum Gasteiger partial charge on any atom is 0.213 e. The molecule has 2 rings (SSSR count). The molecule has 0 aliphatic carbocycles. The molecule has 7 heteroatoms. The van der Waals surface area contributed by atoms with Gasteiger partial charge in [-0.15, -0.1) is 0 Å². The van der Waals surface area contributed by atoms with Crippen molar-refractivity contribution in [3.05, 3.63) is 24.4 Å². The van der Waals surface area contributed by atoms with Crippen molar-refractivity contribution in [2.75, 3.05) is 18.4 Å². The van der Waals surface area contributed by atoms with Crippen LogP contribution in [0.4, 0.5) is 5.69 Å². The zero-order valence-electron chi connectivity index (χ0n) is 13.1. The van der Waals surface area contributed by atoms with Crippen molar-refractivity contribution in [2.24, 2.45) is 0 Å². The van der Waals surface area contributed by atoms with Crippen molar-refractivity contribution in [1.82, 2.24) is 14.9 Å². The lowest BCUT2D eigenvalue weighted by molar-refractivity contribution is 0.566. The van der Waals surface area contributed by atoms with Gasteiger partial charge in [-0.3, -0.25) is 5.10 Å². The molecule has 0 saturated carbocycles. The summed E-state index contributed by atoms with van der Waals surface area (Å²) in [6.45, 7) is 4.76. The largest absolute Gasteiger partial charge is 0.385 e. The average Bonchev–Trinajstić information content (AvgIpc) is 2.93. The molecule has 1 aromatic heterocycles. The van der Waals surface area contributed by atoms with Crippen molar-refractivity contribution < 1.29 is 8.42 Å². The fourth-order valence-electron chi connectivity index (χ4n) is 2.09. The number of hydrogen-bond donors (Lipinski definition) is 3. The summed E-state index contributed by atoms with van der Waals surface area (Å²) in [5.74, 6) is 0. The maximum atomic E-state index is 11.6. The van der Waals surface area contributed by atoms with E-state index in [1.165, 1.54) is 0 Å². The molecule has 122 valence electrons. The third kappa shape index (κ3) is 4.71. The van der Waals surface area contributed by atoms with Crippen LogP contribution in [0.5, 0.6) is 0 Å². The van der Waals surface area contributed by atoms with Crippen molar-refractivity contribution in [1.29, 1.82) is 0 Å². The Balaban J connectivity index is 1.61. The number of fused-ring (bicyclic) bond motifs is 1. The van der Waals surface area contributed by atoms with Crippen LogP contribution in [-0.4, -0.2) is 37.0 Å². The minimum absolute atomic E-state index is 0.369. The van der Waals surface area contributed by atoms with E-state index in [1.807, 2.05) is 12.1 Å². The number of sulfonamides is 1. The molecule has 0 amide bonds. The molecule has 0 atom stereocenters. The van der Waals surface area contributed by atoms with Crippen molar-refractivity contribution in [3.63, 3.8) is 0 Å². The molecular formula is C15H24N4O2S. The van der Waals surface area contributed by atoms with E-state index in [9.17, 15) is 8.42 Å². The minimum atomic E-state index is -3.12. The van der Waals surface area contributed by atoms with Gasteiger partial charge < -0.3 is 5.32 Å². The Morgan fingerprint density at radius 1 is 1.18 bits per heavy atom. The van der Waals surface area contributed by atoms with Gasteiger partial charge in [-0.25, -0.2) is 13.1 Å². The highest BCUT2D eigenvalue weighted by Crippen LogP contribution is 2.16. The fraction of sp³-hybridized carbons (Fsp3) is 0.533. The van der Waals surface area contributed by atoms with Gasteiger partial charge in [0.2, 0.25) is 10.0 Å². The highest BCUT2D eigenvalue weighted by Gasteiger charge is 2.13. The topological polar surface area (TPSA) is 86.9 Å². The molecule has 3 N–H and O–H groups in total. The van der Waals surface area contributed by atoms with Crippen LogP contribution in [0.2, 0.25) is 0 Å². The standard InChI is InChI=1S/C15H24N4O2S/c1-12(2)22(20,21)18-9-5-3-4-8-16-14-6-7-15-13(10-14)11-17-19-15/h6-7,10-12,16,18H,3-5,8-9H2,1-2H3,(H,17,19). The molecule has 0 unspecified atom stereocenters. The molecule has 0 radical (unpaired) electrons. The van der Waals surface area contributed by atoms with E-state index < -0.39 is 10.0 Å². The lowest BCUT2D eigenvalue weighted by Gasteiger charge is -2.09. The van der Waals surface area contributed by atoms with E-state index in [4.69, 9.17) is 0 Å². The molecule has 0 bridgehead atoms. The highest BCUT2D eigenvalue weighted by molar-refractivity contribution is 7.90. The van der Waals surface area contributed by atoms with E-state index >= 15 is 0 Å². The van der Waals surface area contributed by atoms with Crippen LogP contribution in [0.15, 0.2) is 24.4 Å². The molecule has 0 aliphatic heterocycles. The van der Waals surface area contributed by atoms with E-state index in [-0.39, 0.29) is 5.25 Å².